The van der Waals surface area contributed by atoms with E-state index in [1.165, 1.54) is 0 Å². The minimum atomic E-state index is -0.232. The van der Waals surface area contributed by atoms with Gasteiger partial charge in [0.2, 0.25) is 0 Å². The van der Waals surface area contributed by atoms with Crippen molar-refractivity contribution in [2.45, 2.75) is 32.5 Å². The number of allylic oxidation sites excluding steroid dienone is 1. The molecule has 1 fully saturated rings. The van der Waals surface area contributed by atoms with Crippen LogP contribution in [0.1, 0.15) is 19.4 Å². The van der Waals surface area contributed by atoms with Crippen LogP contribution in [0.3, 0.4) is 0 Å². The Balaban J connectivity index is 2.09. The van der Waals surface area contributed by atoms with Gasteiger partial charge in [-0.15, -0.1) is 0 Å². The smallest absolute Gasteiger partial charge is 0.411 e. The molecule has 1 aromatic rings. The molecule has 0 N–H and O–H groups in total. The molecule has 1 heterocycles. The van der Waals surface area contributed by atoms with Gasteiger partial charge in [-0.1, -0.05) is 36.4 Å². The SMILES string of the molecule is C/C=C/[C@H]1OC(=O)N(Cc2ccccc2)[C@H]1C. The molecule has 2 rings (SSSR count). The molecule has 1 saturated heterocycles. The number of ether oxygens (including phenoxy) is 1. The molecule has 0 bridgehead atoms. The maximum atomic E-state index is 11.7. The van der Waals surface area contributed by atoms with Gasteiger partial charge in [0.15, 0.2) is 0 Å². The van der Waals surface area contributed by atoms with E-state index in [0.717, 1.165) is 5.56 Å². The third-order valence-electron chi connectivity index (χ3n) is 3.02. The highest BCUT2D eigenvalue weighted by Crippen LogP contribution is 2.22. The molecule has 90 valence electrons. The monoisotopic (exact) mass is 231 g/mol. The largest absolute Gasteiger partial charge is 0.440 e. The van der Waals surface area contributed by atoms with Crippen LogP contribution in [0.5, 0.6) is 0 Å². The number of cyclic esters (lactones) is 1. The second-order valence-electron chi connectivity index (χ2n) is 4.23. The lowest BCUT2D eigenvalue weighted by atomic mass is 10.1. The molecular weight excluding hydrogens is 214 g/mol. The normalized spacial score (nSPS) is 24.4. The van der Waals surface area contributed by atoms with Gasteiger partial charge in [-0.05, 0) is 25.5 Å². The summed E-state index contributed by atoms with van der Waals surface area (Å²) in [6.07, 6.45) is 3.48. The van der Waals surface area contributed by atoms with E-state index in [0.29, 0.717) is 6.54 Å². The van der Waals surface area contributed by atoms with Gasteiger partial charge in [-0.2, -0.15) is 0 Å². The van der Waals surface area contributed by atoms with Crippen LogP contribution in [0.25, 0.3) is 0 Å². The predicted molar refractivity (Wildman–Crippen MR) is 66.5 cm³/mol. The van der Waals surface area contributed by atoms with Crippen LogP contribution in [0.4, 0.5) is 4.79 Å². The standard InChI is InChI=1S/C14H17NO2/c1-3-7-13-11(2)15(14(16)17-13)10-12-8-5-4-6-9-12/h3-9,11,13H,10H2,1-2H3/b7-3+/t11-,13+/m0/s1. The van der Waals surface area contributed by atoms with E-state index >= 15 is 0 Å². The van der Waals surface area contributed by atoms with Crippen molar-refractivity contribution in [2.75, 3.05) is 0 Å². The zero-order valence-corrected chi connectivity index (χ0v) is 10.2. The molecular formula is C14H17NO2. The molecule has 1 aliphatic rings. The summed E-state index contributed by atoms with van der Waals surface area (Å²) >= 11 is 0. The molecule has 0 unspecified atom stereocenters. The Kier molecular flexibility index (Phi) is 3.47. The predicted octanol–water partition coefficient (Wildman–Crippen LogP) is 2.97. The van der Waals surface area contributed by atoms with Crippen molar-refractivity contribution < 1.29 is 9.53 Å². The first-order chi connectivity index (χ1) is 8.22. The molecule has 2 atom stereocenters. The summed E-state index contributed by atoms with van der Waals surface area (Å²) in [5.74, 6) is 0. The van der Waals surface area contributed by atoms with Crippen LogP contribution in [-0.4, -0.2) is 23.1 Å². The second-order valence-corrected chi connectivity index (χ2v) is 4.23. The van der Waals surface area contributed by atoms with Crippen molar-refractivity contribution >= 4 is 6.09 Å². The van der Waals surface area contributed by atoms with Crippen molar-refractivity contribution in [3.8, 4) is 0 Å². The number of carbonyl (C=O) groups is 1. The summed E-state index contributed by atoms with van der Waals surface area (Å²) in [6, 6.07) is 10.0. The Hall–Kier alpha value is -1.77. The highest BCUT2D eigenvalue weighted by molar-refractivity contribution is 5.71. The van der Waals surface area contributed by atoms with Gasteiger partial charge in [0, 0.05) is 6.54 Å². The Morgan fingerprint density at radius 3 is 2.71 bits per heavy atom. The average molecular weight is 231 g/mol. The number of rotatable bonds is 3. The quantitative estimate of drug-likeness (QED) is 0.748. The maximum absolute atomic E-state index is 11.7. The fraction of sp³-hybridized carbons (Fsp3) is 0.357. The van der Waals surface area contributed by atoms with Gasteiger partial charge in [-0.3, -0.25) is 4.90 Å². The third-order valence-corrected chi connectivity index (χ3v) is 3.02. The number of hydrogen-bond acceptors (Lipinski definition) is 2. The van der Waals surface area contributed by atoms with Gasteiger partial charge in [0.05, 0.1) is 6.04 Å². The van der Waals surface area contributed by atoms with Crippen molar-refractivity contribution in [3.63, 3.8) is 0 Å². The van der Waals surface area contributed by atoms with Crippen LogP contribution < -0.4 is 0 Å². The zero-order chi connectivity index (χ0) is 12.3. The van der Waals surface area contributed by atoms with Gasteiger partial charge in [0.25, 0.3) is 0 Å². The van der Waals surface area contributed by atoms with Crippen molar-refractivity contribution in [1.82, 2.24) is 4.90 Å². The summed E-state index contributed by atoms with van der Waals surface area (Å²) in [5.41, 5.74) is 1.12. The second kappa shape index (κ2) is 5.04. The minimum Gasteiger partial charge on any atom is -0.440 e. The number of nitrogens with zero attached hydrogens (tertiary/aromatic N) is 1. The van der Waals surface area contributed by atoms with Crippen LogP contribution >= 0.6 is 0 Å². The molecule has 1 aromatic carbocycles. The molecule has 0 spiro atoms. The Labute approximate surface area is 102 Å². The summed E-state index contributed by atoms with van der Waals surface area (Å²) in [4.78, 5) is 13.5. The fourth-order valence-electron chi connectivity index (χ4n) is 2.00. The van der Waals surface area contributed by atoms with E-state index in [1.807, 2.05) is 56.3 Å². The Bertz CT molecular complexity index is 413. The van der Waals surface area contributed by atoms with Gasteiger partial charge < -0.3 is 4.74 Å². The summed E-state index contributed by atoms with van der Waals surface area (Å²) in [7, 11) is 0. The van der Waals surface area contributed by atoms with Crippen molar-refractivity contribution in [2.24, 2.45) is 0 Å². The number of carbonyl (C=O) groups excluding carboxylic acids is 1. The number of benzene rings is 1. The maximum Gasteiger partial charge on any atom is 0.411 e. The van der Waals surface area contributed by atoms with Crippen molar-refractivity contribution in [3.05, 3.63) is 48.0 Å². The molecule has 0 saturated carbocycles. The van der Waals surface area contributed by atoms with E-state index in [9.17, 15) is 4.79 Å². The van der Waals surface area contributed by atoms with Gasteiger partial charge in [0.1, 0.15) is 6.10 Å². The molecule has 3 heteroatoms. The Morgan fingerprint density at radius 2 is 2.06 bits per heavy atom. The first-order valence-electron chi connectivity index (χ1n) is 5.86. The lowest BCUT2D eigenvalue weighted by Crippen LogP contribution is -2.32. The minimum absolute atomic E-state index is 0.0823. The van der Waals surface area contributed by atoms with Crippen LogP contribution in [0.2, 0.25) is 0 Å². The summed E-state index contributed by atoms with van der Waals surface area (Å²) in [6.45, 7) is 4.55. The van der Waals surface area contributed by atoms with Crippen LogP contribution in [-0.2, 0) is 11.3 Å². The zero-order valence-electron chi connectivity index (χ0n) is 10.2. The molecule has 0 aromatic heterocycles. The molecule has 1 amide bonds. The van der Waals surface area contributed by atoms with E-state index in [1.54, 1.807) is 4.90 Å². The van der Waals surface area contributed by atoms with Gasteiger partial charge >= 0.3 is 6.09 Å². The highest BCUT2D eigenvalue weighted by atomic mass is 16.6. The van der Waals surface area contributed by atoms with E-state index in [-0.39, 0.29) is 18.2 Å². The topological polar surface area (TPSA) is 29.5 Å². The van der Waals surface area contributed by atoms with Gasteiger partial charge in [-0.25, -0.2) is 4.79 Å². The molecule has 3 nitrogen and oxygen atoms in total. The fourth-order valence-corrected chi connectivity index (χ4v) is 2.00. The number of hydrogen-bond donors (Lipinski definition) is 0. The molecule has 1 aliphatic heterocycles. The van der Waals surface area contributed by atoms with E-state index < -0.39 is 0 Å². The van der Waals surface area contributed by atoms with Crippen LogP contribution in [0.15, 0.2) is 42.5 Å². The lowest BCUT2D eigenvalue weighted by Gasteiger charge is -2.19. The molecule has 17 heavy (non-hydrogen) atoms. The lowest BCUT2D eigenvalue weighted by molar-refractivity contribution is 0.144. The summed E-state index contributed by atoms with van der Waals surface area (Å²) < 4.78 is 5.30. The molecule has 0 radical (unpaired) electrons. The average Bonchev–Trinajstić information content (AvgIpc) is 2.59. The Morgan fingerprint density at radius 1 is 1.35 bits per heavy atom. The van der Waals surface area contributed by atoms with Crippen molar-refractivity contribution in [1.29, 1.82) is 0 Å². The van der Waals surface area contributed by atoms with E-state index in [4.69, 9.17) is 4.74 Å². The third kappa shape index (κ3) is 2.49. The van der Waals surface area contributed by atoms with Crippen LogP contribution in [0, 0.1) is 0 Å². The highest BCUT2D eigenvalue weighted by Gasteiger charge is 2.36. The molecule has 0 aliphatic carbocycles. The number of amides is 1. The summed E-state index contributed by atoms with van der Waals surface area (Å²) in [5, 5.41) is 0. The van der Waals surface area contributed by atoms with E-state index in [2.05, 4.69) is 0 Å². The first kappa shape index (κ1) is 11.7. The first-order valence-corrected chi connectivity index (χ1v) is 5.86.